The summed E-state index contributed by atoms with van der Waals surface area (Å²) in [6.45, 7) is 5.38. The van der Waals surface area contributed by atoms with Crippen LogP contribution < -0.4 is 19.5 Å². The lowest BCUT2D eigenvalue weighted by atomic mass is 10.1. The Balaban J connectivity index is 1.29. The molecule has 1 saturated carbocycles. The monoisotopic (exact) mass is 710 g/mol. The summed E-state index contributed by atoms with van der Waals surface area (Å²) in [7, 11) is -2.67. The van der Waals surface area contributed by atoms with Gasteiger partial charge >= 0.3 is 0 Å². The van der Waals surface area contributed by atoms with Crippen molar-refractivity contribution in [3.8, 4) is 22.8 Å². The molecule has 1 aliphatic heterocycles. The van der Waals surface area contributed by atoms with Crippen LogP contribution >= 0.6 is 0 Å². The van der Waals surface area contributed by atoms with E-state index < -0.39 is 57.3 Å². The van der Waals surface area contributed by atoms with Crippen LogP contribution in [0.5, 0.6) is 11.5 Å². The van der Waals surface area contributed by atoms with E-state index in [0.29, 0.717) is 34.4 Å². The molecule has 0 unspecified atom stereocenters. The first-order valence-corrected chi connectivity index (χ1v) is 18.0. The highest BCUT2D eigenvalue weighted by Gasteiger charge is 2.61. The molecule has 2 aliphatic rings. The Bertz CT molecular complexity index is 2090. The Morgan fingerprint density at radius 2 is 1.76 bits per heavy atom. The van der Waals surface area contributed by atoms with E-state index in [2.05, 4.69) is 16.6 Å². The molecular formula is C38H38N4O8S. The molecule has 0 bridgehead atoms. The lowest BCUT2D eigenvalue weighted by Crippen LogP contribution is -2.56. The first kappa shape index (κ1) is 35.3. The maximum absolute atomic E-state index is 14.1. The number of nitrogens with zero attached hydrogens (tertiary/aromatic N) is 2. The van der Waals surface area contributed by atoms with Gasteiger partial charge in [0.1, 0.15) is 35.5 Å². The summed E-state index contributed by atoms with van der Waals surface area (Å²) in [5.41, 5.74) is 0.532. The number of carbonyl (C=O) groups excluding carboxylic acids is 4. The van der Waals surface area contributed by atoms with E-state index in [4.69, 9.17) is 14.5 Å². The van der Waals surface area contributed by atoms with Crippen LogP contribution in [-0.2, 0) is 29.2 Å². The molecule has 3 aromatic carbocycles. The van der Waals surface area contributed by atoms with Crippen molar-refractivity contribution in [2.24, 2.45) is 11.8 Å². The molecular weight excluding hydrogens is 673 g/mol. The highest BCUT2D eigenvalue weighted by atomic mass is 32.2. The van der Waals surface area contributed by atoms with Gasteiger partial charge in [-0.2, -0.15) is 0 Å². The van der Waals surface area contributed by atoms with Crippen LogP contribution in [0.25, 0.3) is 22.2 Å². The summed E-state index contributed by atoms with van der Waals surface area (Å²) in [6.07, 6.45) is 1.60. The van der Waals surface area contributed by atoms with Gasteiger partial charge in [-0.3, -0.25) is 14.4 Å². The Hall–Kier alpha value is -5.56. The first-order valence-electron chi connectivity index (χ1n) is 16.5. The van der Waals surface area contributed by atoms with E-state index >= 15 is 0 Å². The quantitative estimate of drug-likeness (QED) is 0.154. The smallest absolute Gasteiger partial charge is 0.264 e. The molecule has 1 aromatic heterocycles. The van der Waals surface area contributed by atoms with Gasteiger partial charge in [-0.25, -0.2) is 18.1 Å². The zero-order chi connectivity index (χ0) is 36.3. The predicted molar refractivity (Wildman–Crippen MR) is 189 cm³/mol. The van der Waals surface area contributed by atoms with Crippen LogP contribution in [0.1, 0.15) is 26.2 Å². The predicted octanol–water partition coefficient (Wildman–Crippen LogP) is 4.05. The van der Waals surface area contributed by atoms with Crippen molar-refractivity contribution in [1.29, 1.82) is 0 Å². The molecule has 0 spiro atoms. The van der Waals surface area contributed by atoms with Gasteiger partial charge in [0.2, 0.25) is 11.8 Å². The van der Waals surface area contributed by atoms with Gasteiger partial charge in [0, 0.05) is 47.8 Å². The van der Waals surface area contributed by atoms with E-state index in [9.17, 15) is 27.6 Å². The van der Waals surface area contributed by atoms with Crippen molar-refractivity contribution in [2.45, 2.75) is 48.8 Å². The average Bonchev–Trinajstić information content (AvgIpc) is 3.70. The van der Waals surface area contributed by atoms with Gasteiger partial charge in [0.15, 0.2) is 0 Å². The van der Waals surface area contributed by atoms with Crippen LogP contribution in [0, 0.1) is 11.8 Å². The number of nitrogens with one attached hydrogen (secondary N) is 2. The van der Waals surface area contributed by atoms with Crippen molar-refractivity contribution >= 4 is 44.9 Å². The van der Waals surface area contributed by atoms with Gasteiger partial charge in [0.05, 0.1) is 29.8 Å². The van der Waals surface area contributed by atoms with Crippen LogP contribution in [0.3, 0.4) is 0 Å². The summed E-state index contributed by atoms with van der Waals surface area (Å²) in [5.74, 6) is -2.16. The summed E-state index contributed by atoms with van der Waals surface area (Å²) in [4.78, 5) is 58.8. The molecule has 0 radical (unpaired) electrons. The molecule has 6 rings (SSSR count). The molecule has 13 heteroatoms. The second kappa shape index (κ2) is 14.4. The SMILES string of the molecule is C=C[C@@H]1C[C@]1(NC(=O)[C@@H]1C[C@@H](Oc2cc(-c3ccccc3)nc3cc(OC)ccc23)CN1C(=O)[C@@H](C)CC=O)C(=O)NS(=O)(=O)c1ccccc1. The molecule has 1 saturated heterocycles. The van der Waals surface area contributed by atoms with Gasteiger partial charge in [-0.15, -0.1) is 6.58 Å². The third kappa shape index (κ3) is 7.20. The Morgan fingerprint density at radius 3 is 2.41 bits per heavy atom. The normalized spacial score (nSPS) is 21.7. The number of benzene rings is 3. The number of aldehydes is 1. The zero-order valence-corrected chi connectivity index (χ0v) is 29.0. The molecule has 2 fully saturated rings. The zero-order valence-electron chi connectivity index (χ0n) is 28.2. The maximum Gasteiger partial charge on any atom is 0.264 e. The number of methoxy groups -OCH3 is 1. The van der Waals surface area contributed by atoms with E-state index in [1.165, 1.54) is 35.2 Å². The fourth-order valence-corrected chi connectivity index (χ4v) is 7.51. The lowest BCUT2D eigenvalue weighted by molar-refractivity contribution is -0.142. The number of carbonyl (C=O) groups is 4. The first-order chi connectivity index (χ1) is 24.5. The lowest BCUT2D eigenvalue weighted by Gasteiger charge is -2.28. The fraction of sp³-hybridized carbons (Fsp3) is 0.289. The van der Waals surface area contributed by atoms with Crippen molar-refractivity contribution in [1.82, 2.24) is 19.9 Å². The number of aromatic nitrogens is 1. The molecule has 12 nitrogen and oxygen atoms in total. The van der Waals surface area contributed by atoms with Gasteiger partial charge in [-0.05, 0) is 30.7 Å². The summed E-state index contributed by atoms with van der Waals surface area (Å²) >= 11 is 0. The van der Waals surface area contributed by atoms with Gasteiger partial charge in [0.25, 0.3) is 15.9 Å². The fourth-order valence-electron chi connectivity index (χ4n) is 6.45. The Morgan fingerprint density at radius 1 is 1.06 bits per heavy atom. The van der Waals surface area contributed by atoms with Crippen LogP contribution in [0.2, 0.25) is 0 Å². The number of amides is 3. The molecule has 4 aromatic rings. The molecule has 3 amide bonds. The van der Waals surface area contributed by atoms with Gasteiger partial charge in [-0.1, -0.05) is 61.5 Å². The summed E-state index contributed by atoms with van der Waals surface area (Å²) < 4.78 is 40.1. The van der Waals surface area contributed by atoms with E-state index in [1.54, 1.807) is 32.2 Å². The average molecular weight is 711 g/mol. The number of likely N-dealkylation sites (tertiary alicyclic amines) is 1. The number of pyridine rings is 1. The standard InChI is InChI=1S/C38H38N4O8S/c1-4-26-22-38(26,37(46)41-51(47,48)29-13-9-6-10-14-29)40-35(44)33-20-28(23-42(33)36(45)24(2)17-18-43)50-34-21-31(25-11-7-5-8-12-25)39-32-19-27(49-3)15-16-30(32)34/h4-16,18-19,21,24,26,28,33H,1,17,20,22-23H2,2-3H3,(H,40,44)(H,41,46)/t24-,26+,28+,33-,38+/m0/s1. The maximum atomic E-state index is 14.1. The minimum absolute atomic E-state index is 0.0211. The number of hydrogen-bond donors (Lipinski definition) is 2. The van der Waals surface area contributed by atoms with Crippen molar-refractivity contribution in [3.05, 3.63) is 97.6 Å². The third-order valence-corrected chi connectivity index (χ3v) is 10.7. The second-order valence-electron chi connectivity index (χ2n) is 12.8. The molecule has 2 N–H and O–H groups in total. The topological polar surface area (TPSA) is 161 Å². The van der Waals surface area contributed by atoms with Gasteiger partial charge < -0.3 is 24.5 Å². The molecule has 264 valence electrons. The van der Waals surface area contributed by atoms with E-state index in [1.807, 2.05) is 42.5 Å². The van der Waals surface area contributed by atoms with E-state index in [0.717, 1.165) is 5.56 Å². The summed E-state index contributed by atoms with van der Waals surface area (Å²) in [5, 5.41) is 3.46. The largest absolute Gasteiger partial charge is 0.497 e. The van der Waals surface area contributed by atoms with Crippen LogP contribution in [-0.4, -0.2) is 73.6 Å². The second-order valence-corrected chi connectivity index (χ2v) is 14.5. The van der Waals surface area contributed by atoms with Crippen LogP contribution in [0.15, 0.2) is 102 Å². The number of sulfonamides is 1. The highest BCUT2D eigenvalue weighted by Crippen LogP contribution is 2.45. The highest BCUT2D eigenvalue weighted by molar-refractivity contribution is 7.90. The Labute approximate surface area is 295 Å². The van der Waals surface area contributed by atoms with Crippen LogP contribution in [0.4, 0.5) is 0 Å². The minimum Gasteiger partial charge on any atom is -0.497 e. The molecule has 51 heavy (non-hydrogen) atoms. The number of hydrogen-bond acceptors (Lipinski definition) is 9. The summed E-state index contributed by atoms with van der Waals surface area (Å²) in [6, 6.07) is 23.1. The van der Waals surface area contributed by atoms with Crippen molar-refractivity contribution in [2.75, 3.05) is 13.7 Å². The molecule has 5 atom stereocenters. The number of fused-ring (bicyclic) bond motifs is 1. The number of ether oxygens (including phenoxy) is 2. The minimum atomic E-state index is -4.24. The third-order valence-electron chi connectivity index (χ3n) is 9.39. The van der Waals surface area contributed by atoms with E-state index in [-0.39, 0.29) is 30.7 Å². The Kier molecular flexibility index (Phi) is 9.93. The number of rotatable bonds is 13. The van der Waals surface area contributed by atoms with Crippen molar-refractivity contribution in [3.63, 3.8) is 0 Å². The van der Waals surface area contributed by atoms with Crippen molar-refractivity contribution < 1.29 is 37.1 Å². The molecule has 2 heterocycles. The molecule has 1 aliphatic carbocycles.